The summed E-state index contributed by atoms with van der Waals surface area (Å²) in [5.41, 5.74) is 2.52. The summed E-state index contributed by atoms with van der Waals surface area (Å²) in [6.07, 6.45) is 0. The third-order valence-corrected chi connectivity index (χ3v) is 3.55. The minimum atomic E-state index is 0.0779. The van der Waals surface area contributed by atoms with Gasteiger partial charge in [0.15, 0.2) is 11.5 Å². The molecule has 0 atom stereocenters. The average Bonchev–Trinajstić information content (AvgIpc) is 2.41. The van der Waals surface area contributed by atoms with Crippen LogP contribution in [-0.2, 0) is 6.54 Å². The summed E-state index contributed by atoms with van der Waals surface area (Å²) in [6.45, 7) is 2.36. The number of nitrogens with one attached hydrogen (secondary N) is 1. The first-order valence-electron chi connectivity index (χ1n) is 6.07. The Balaban J connectivity index is 2.25. The lowest BCUT2D eigenvalue weighted by Crippen LogP contribution is -2.02. The van der Waals surface area contributed by atoms with Gasteiger partial charge in [-0.1, -0.05) is 35.3 Å². The Morgan fingerprint density at radius 3 is 2.65 bits per heavy atom. The zero-order chi connectivity index (χ0) is 14.7. The number of halogens is 2. The van der Waals surface area contributed by atoms with Gasteiger partial charge in [-0.3, -0.25) is 0 Å². The molecule has 20 heavy (non-hydrogen) atoms. The molecule has 0 spiro atoms. The van der Waals surface area contributed by atoms with Crippen molar-refractivity contribution in [1.82, 2.24) is 0 Å². The Labute approximate surface area is 128 Å². The Hall–Kier alpha value is -1.58. The lowest BCUT2D eigenvalue weighted by atomic mass is 10.1. The number of ether oxygens (including phenoxy) is 1. The maximum atomic E-state index is 10.1. The SMILES string of the molecule is COc1cc(Cl)cc(CNc2c(C)cccc2Cl)c1O. The molecule has 0 aliphatic heterocycles. The molecule has 0 saturated carbocycles. The molecule has 3 nitrogen and oxygen atoms in total. The van der Waals surface area contributed by atoms with E-state index in [1.165, 1.54) is 7.11 Å². The summed E-state index contributed by atoms with van der Waals surface area (Å²) in [6, 6.07) is 8.93. The van der Waals surface area contributed by atoms with Crippen molar-refractivity contribution >= 4 is 28.9 Å². The highest BCUT2D eigenvalue weighted by molar-refractivity contribution is 6.33. The van der Waals surface area contributed by atoms with Crippen LogP contribution < -0.4 is 10.1 Å². The molecule has 0 aliphatic carbocycles. The van der Waals surface area contributed by atoms with Crippen molar-refractivity contribution < 1.29 is 9.84 Å². The number of aromatic hydroxyl groups is 1. The molecular weight excluding hydrogens is 297 g/mol. The molecule has 106 valence electrons. The van der Waals surface area contributed by atoms with Crippen LogP contribution in [0.15, 0.2) is 30.3 Å². The number of para-hydroxylation sites is 1. The van der Waals surface area contributed by atoms with E-state index >= 15 is 0 Å². The van der Waals surface area contributed by atoms with Gasteiger partial charge < -0.3 is 15.2 Å². The first-order chi connectivity index (χ1) is 9.52. The normalized spacial score (nSPS) is 10.4. The molecule has 0 radical (unpaired) electrons. The molecule has 0 aromatic heterocycles. The fourth-order valence-electron chi connectivity index (χ4n) is 1.96. The van der Waals surface area contributed by atoms with Crippen molar-refractivity contribution in [3.63, 3.8) is 0 Å². The highest BCUT2D eigenvalue weighted by Crippen LogP contribution is 2.34. The number of methoxy groups -OCH3 is 1. The van der Waals surface area contributed by atoms with Gasteiger partial charge >= 0.3 is 0 Å². The Kier molecular flexibility index (Phi) is 4.63. The highest BCUT2D eigenvalue weighted by Gasteiger charge is 2.11. The molecule has 2 aromatic rings. The zero-order valence-electron chi connectivity index (χ0n) is 11.2. The van der Waals surface area contributed by atoms with Crippen molar-refractivity contribution in [3.05, 3.63) is 51.5 Å². The molecule has 0 amide bonds. The molecule has 0 heterocycles. The molecule has 0 aliphatic rings. The van der Waals surface area contributed by atoms with Gasteiger partial charge in [0.2, 0.25) is 0 Å². The average molecular weight is 312 g/mol. The molecule has 0 fully saturated rings. The molecule has 2 N–H and O–H groups in total. The van der Waals surface area contributed by atoms with Crippen LogP contribution in [0.3, 0.4) is 0 Å². The second kappa shape index (κ2) is 6.25. The number of rotatable bonds is 4. The number of hydrogen-bond donors (Lipinski definition) is 2. The number of phenols is 1. The molecule has 0 saturated heterocycles. The van der Waals surface area contributed by atoms with E-state index in [1.54, 1.807) is 12.1 Å². The van der Waals surface area contributed by atoms with Crippen LogP contribution >= 0.6 is 23.2 Å². The van der Waals surface area contributed by atoms with Crippen molar-refractivity contribution in [3.8, 4) is 11.5 Å². The predicted molar refractivity (Wildman–Crippen MR) is 83.2 cm³/mol. The first kappa shape index (κ1) is 14.8. The smallest absolute Gasteiger partial charge is 0.162 e. The zero-order valence-corrected chi connectivity index (χ0v) is 12.7. The van der Waals surface area contributed by atoms with Crippen molar-refractivity contribution in [2.75, 3.05) is 12.4 Å². The Morgan fingerprint density at radius 1 is 1.25 bits per heavy atom. The molecule has 0 unspecified atom stereocenters. The lowest BCUT2D eigenvalue weighted by Gasteiger charge is -2.14. The minimum absolute atomic E-state index is 0.0779. The third kappa shape index (κ3) is 3.11. The van der Waals surface area contributed by atoms with Gasteiger partial charge in [-0.15, -0.1) is 0 Å². The monoisotopic (exact) mass is 311 g/mol. The summed E-state index contributed by atoms with van der Waals surface area (Å²) >= 11 is 12.1. The van der Waals surface area contributed by atoms with Crippen LogP contribution in [0.1, 0.15) is 11.1 Å². The number of aryl methyl sites for hydroxylation is 1. The van der Waals surface area contributed by atoms with Gasteiger partial charge in [0.1, 0.15) is 0 Å². The van der Waals surface area contributed by atoms with E-state index in [0.717, 1.165) is 11.3 Å². The van der Waals surface area contributed by atoms with Crippen LogP contribution in [0.4, 0.5) is 5.69 Å². The molecule has 5 heteroatoms. The first-order valence-corrected chi connectivity index (χ1v) is 6.83. The van der Waals surface area contributed by atoms with E-state index in [9.17, 15) is 5.11 Å². The van der Waals surface area contributed by atoms with E-state index in [0.29, 0.717) is 27.9 Å². The number of hydrogen-bond acceptors (Lipinski definition) is 3. The van der Waals surface area contributed by atoms with E-state index in [2.05, 4.69) is 5.32 Å². The van der Waals surface area contributed by atoms with Crippen LogP contribution in [0.5, 0.6) is 11.5 Å². The second-order valence-corrected chi connectivity index (χ2v) is 5.24. The van der Waals surface area contributed by atoms with Gasteiger partial charge in [-0.2, -0.15) is 0 Å². The van der Waals surface area contributed by atoms with Crippen molar-refractivity contribution in [2.24, 2.45) is 0 Å². The number of benzene rings is 2. The number of phenolic OH excluding ortho intramolecular Hbond substituents is 1. The molecule has 0 bridgehead atoms. The van der Waals surface area contributed by atoms with Gasteiger partial charge in [0, 0.05) is 23.2 Å². The van der Waals surface area contributed by atoms with E-state index in [1.807, 2.05) is 25.1 Å². The molecule has 2 aromatic carbocycles. The molecular formula is C15H15Cl2NO2. The van der Waals surface area contributed by atoms with Gasteiger partial charge in [-0.05, 0) is 24.6 Å². The van der Waals surface area contributed by atoms with Crippen molar-refractivity contribution in [2.45, 2.75) is 13.5 Å². The summed E-state index contributed by atoms with van der Waals surface area (Å²) in [5.74, 6) is 0.430. The van der Waals surface area contributed by atoms with E-state index < -0.39 is 0 Å². The Morgan fingerprint density at radius 2 is 2.00 bits per heavy atom. The Bertz CT molecular complexity index is 609. The van der Waals surface area contributed by atoms with E-state index in [-0.39, 0.29) is 5.75 Å². The number of anilines is 1. The van der Waals surface area contributed by atoms with Crippen LogP contribution in [-0.4, -0.2) is 12.2 Å². The highest BCUT2D eigenvalue weighted by atomic mass is 35.5. The standard InChI is InChI=1S/C15H15Cl2NO2/c1-9-4-3-5-12(17)14(9)18-8-10-6-11(16)7-13(20-2)15(10)19/h3-7,18-19H,8H2,1-2H3. The second-order valence-electron chi connectivity index (χ2n) is 4.40. The van der Waals surface area contributed by atoms with Crippen LogP contribution in [0.25, 0.3) is 0 Å². The van der Waals surface area contributed by atoms with Crippen molar-refractivity contribution in [1.29, 1.82) is 0 Å². The fourth-order valence-corrected chi connectivity index (χ4v) is 2.48. The fraction of sp³-hybridized carbons (Fsp3) is 0.200. The summed E-state index contributed by atoms with van der Waals surface area (Å²) in [7, 11) is 1.49. The summed E-state index contributed by atoms with van der Waals surface area (Å²) < 4.78 is 5.08. The van der Waals surface area contributed by atoms with Gasteiger partial charge in [0.05, 0.1) is 17.8 Å². The molecule has 2 rings (SSSR count). The quantitative estimate of drug-likeness (QED) is 0.865. The van der Waals surface area contributed by atoms with Crippen LogP contribution in [0, 0.1) is 6.92 Å². The van der Waals surface area contributed by atoms with Gasteiger partial charge in [0.25, 0.3) is 0 Å². The maximum absolute atomic E-state index is 10.1. The lowest BCUT2D eigenvalue weighted by molar-refractivity contribution is 0.371. The summed E-state index contributed by atoms with van der Waals surface area (Å²) in [5, 5.41) is 14.4. The predicted octanol–water partition coefficient (Wildman–Crippen LogP) is 4.63. The van der Waals surface area contributed by atoms with Gasteiger partial charge in [-0.25, -0.2) is 0 Å². The maximum Gasteiger partial charge on any atom is 0.162 e. The van der Waals surface area contributed by atoms with Crippen LogP contribution in [0.2, 0.25) is 10.0 Å². The summed E-state index contributed by atoms with van der Waals surface area (Å²) in [4.78, 5) is 0. The largest absolute Gasteiger partial charge is 0.504 e. The topological polar surface area (TPSA) is 41.5 Å². The third-order valence-electron chi connectivity index (χ3n) is 3.02. The van der Waals surface area contributed by atoms with E-state index in [4.69, 9.17) is 27.9 Å². The minimum Gasteiger partial charge on any atom is -0.504 e.